The molecule has 0 saturated carbocycles. The van der Waals surface area contributed by atoms with Crippen molar-refractivity contribution in [3.8, 4) is 10.6 Å². The van der Waals surface area contributed by atoms with Crippen molar-refractivity contribution in [1.29, 1.82) is 0 Å². The van der Waals surface area contributed by atoms with Crippen LogP contribution in [0.1, 0.15) is 153 Å². The van der Waals surface area contributed by atoms with Crippen molar-refractivity contribution in [2.45, 2.75) is 166 Å². The number of sulfonamides is 1. The highest BCUT2D eigenvalue weighted by Gasteiger charge is 2.27. The fourth-order valence-electron chi connectivity index (χ4n) is 7.05. The third kappa shape index (κ3) is 16.8. The number of carboxylic acids is 1. The molecule has 3 heterocycles. The number of anilines is 1. The van der Waals surface area contributed by atoms with E-state index in [1.165, 1.54) is 126 Å². The number of carboxylic acid groups (broad SMARTS) is 1. The van der Waals surface area contributed by atoms with Crippen molar-refractivity contribution in [3.05, 3.63) is 89.7 Å². The van der Waals surface area contributed by atoms with E-state index < -0.39 is 22.0 Å². The van der Waals surface area contributed by atoms with Gasteiger partial charge in [0, 0.05) is 29.9 Å². The highest BCUT2D eigenvalue weighted by atomic mass is 32.2. The average molecular weight is 804 g/mol. The summed E-state index contributed by atoms with van der Waals surface area (Å²) in [5.74, 6) is -0.512. The molecule has 0 bridgehead atoms. The Labute approximate surface area is 340 Å². The fraction of sp³-hybridized carbons (Fsp3) is 0.556. The number of hydrogen-bond donors (Lipinski definition) is 2. The van der Waals surface area contributed by atoms with E-state index in [4.69, 9.17) is 0 Å². The van der Waals surface area contributed by atoms with Crippen molar-refractivity contribution in [3.63, 3.8) is 0 Å². The van der Waals surface area contributed by atoms with Crippen LogP contribution in [0.15, 0.2) is 83.5 Å². The largest absolute Gasteiger partial charge is 0.480 e. The molecule has 0 radical (unpaired) electrons. The average Bonchev–Trinajstić information content (AvgIpc) is 3.75. The Hall–Kier alpha value is -3.67. The molecule has 0 spiro atoms. The van der Waals surface area contributed by atoms with Crippen LogP contribution in [0.25, 0.3) is 10.6 Å². The second-order valence-corrected chi connectivity index (χ2v) is 17.8. The zero-order chi connectivity index (χ0) is 39.7. The first-order valence-corrected chi connectivity index (χ1v) is 23.5. The lowest BCUT2D eigenvalue weighted by atomic mass is 10.0. The first-order valence-electron chi connectivity index (χ1n) is 21.2. The molecule has 0 amide bonds. The molecule has 1 aromatic carbocycles. The first-order chi connectivity index (χ1) is 27.4. The van der Waals surface area contributed by atoms with Crippen molar-refractivity contribution in [2.75, 3.05) is 5.32 Å². The number of thiazole rings is 1. The van der Waals surface area contributed by atoms with Crippen LogP contribution in [0.2, 0.25) is 0 Å². The molecule has 2 N–H and O–H groups in total. The third-order valence-electron chi connectivity index (χ3n) is 10.3. The quantitative estimate of drug-likeness (QED) is 0.0482. The zero-order valence-corrected chi connectivity index (χ0v) is 35.3. The molecule has 56 heavy (non-hydrogen) atoms. The second-order valence-electron chi connectivity index (χ2n) is 15.0. The Morgan fingerprint density at radius 3 is 1.80 bits per heavy atom. The number of nitrogens with zero attached hydrogens (tertiary/aromatic N) is 4. The van der Waals surface area contributed by atoms with Gasteiger partial charge in [0.05, 0.1) is 12.2 Å². The highest BCUT2D eigenvalue weighted by molar-refractivity contribution is 7.89. The summed E-state index contributed by atoms with van der Waals surface area (Å²) in [5.41, 5.74) is 2.27. The molecule has 1 atom stereocenters. The molecule has 0 fully saturated rings. The topological polar surface area (TPSA) is 125 Å². The molecule has 11 heteroatoms. The number of benzene rings is 1. The summed E-state index contributed by atoms with van der Waals surface area (Å²) < 4.78 is 29.0. The minimum atomic E-state index is -3.98. The van der Waals surface area contributed by atoms with Crippen LogP contribution in [0, 0.1) is 0 Å². The van der Waals surface area contributed by atoms with Crippen LogP contribution in [-0.2, 0) is 27.9 Å². The number of carbonyl (C=O) groups is 1. The van der Waals surface area contributed by atoms with Gasteiger partial charge in [0.25, 0.3) is 10.0 Å². The molecular formula is C45H65N5O4S2. The Kier molecular flexibility index (Phi) is 21.1. The molecule has 306 valence electrons. The SMILES string of the molecule is CCCCCCCCCCCCCCCCCCCCCCC(Nc1cccc(CN(Cc2ccc(-c3nccs3)cc2)S(=O)(=O)c2ccccn2)n1)C(=O)O. The van der Waals surface area contributed by atoms with Gasteiger partial charge in [0.15, 0.2) is 5.03 Å². The summed E-state index contributed by atoms with van der Waals surface area (Å²) in [7, 11) is -3.98. The van der Waals surface area contributed by atoms with Gasteiger partial charge in [-0.25, -0.2) is 28.2 Å². The van der Waals surface area contributed by atoms with E-state index in [1.54, 1.807) is 47.9 Å². The Morgan fingerprint density at radius 2 is 1.29 bits per heavy atom. The smallest absolute Gasteiger partial charge is 0.326 e. The Bertz CT molecular complexity index is 1740. The molecule has 3 aromatic heterocycles. The van der Waals surface area contributed by atoms with Crippen molar-refractivity contribution in [2.24, 2.45) is 0 Å². The lowest BCUT2D eigenvalue weighted by molar-refractivity contribution is -0.138. The van der Waals surface area contributed by atoms with Crippen molar-refractivity contribution in [1.82, 2.24) is 19.3 Å². The van der Waals surface area contributed by atoms with Crippen LogP contribution >= 0.6 is 11.3 Å². The zero-order valence-electron chi connectivity index (χ0n) is 33.6. The predicted molar refractivity (Wildman–Crippen MR) is 230 cm³/mol. The molecule has 4 aromatic rings. The van der Waals surface area contributed by atoms with Gasteiger partial charge >= 0.3 is 5.97 Å². The summed E-state index contributed by atoms with van der Waals surface area (Å²) in [5, 5.41) is 15.9. The summed E-state index contributed by atoms with van der Waals surface area (Å²) in [6.07, 6.45) is 29.8. The predicted octanol–water partition coefficient (Wildman–Crippen LogP) is 12.1. The number of pyridine rings is 2. The lowest BCUT2D eigenvalue weighted by Crippen LogP contribution is -2.32. The fourth-order valence-corrected chi connectivity index (χ4v) is 9.02. The number of unbranched alkanes of at least 4 members (excludes halogenated alkanes) is 19. The van der Waals surface area contributed by atoms with Gasteiger partial charge in [-0.2, -0.15) is 4.31 Å². The number of hydrogen-bond acceptors (Lipinski definition) is 8. The molecule has 0 aliphatic rings. The third-order valence-corrected chi connectivity index (χ3v) is 12.9. The van der Waals surface area contributed by atoms with E-state index in [-0.39, 0.29) is 18.1 Å². The number of nitrogens with one attached hydrogen (secondary N) is 1. The molecule has 9 nitrogen and oxygen atoms in total. The van der Waals surface area contributed by atoms with Crippen LogP contribution in [0.4, 0.5) is 5.82 Å². The second kappa shape index (κ2) is 26.3. The van der Waals surface area contributed by atoms with Gasteiger partial charge in [-0.1, -0.05) is 172 Å². The maximum Gasteiger partial charge on any atom is 0.326 e. The minimum absolute atomic E-state index is 0.0141. The van der Waals surface area contributed by atoms with Crippen molar-refractivity contribution < 1.29 is 18.3 Å². The highest BCUT2D eigenvalue weighted by Crippen LogP contribution is 2.25. The van der Waals surface area contributed by atoms with Gasteiger partial charge < -0.3 is 10.4 Å². The maximum absolute atomic E-state index is 13.8. The Morgan fingerprint density at radius 1 is 0.696 bits per heavy atom. The van der Waals surface area contributed by atoms with E-state index in [9.17, 15) is 18.3 Å². The molecular weight excluding hydrogens is 739 g/mol. The van der Waals surface area contributed by atoms with E-state index in [0.717, 1.165) is 35.4 Å². The van der Waals surface area contributed by atoms with E-state index in [0.29, 0.717) is 17.9 Å². The van der Waals surface area contributed by atoms with E-state index >= 15 is 0 Å². The normalized spacial score (nSPS) is 12.2. The molecule has 1 unspecified atom stereocenters. The molecule has 4 rings (SSSR count). The maximum atomic E-state index is 13.8. The van der Waals surface area contributed by atoms with Crippen LogP contribution in [0.5, 0.6) is 0 Å². The van der Waals surface area contributed by atoms with Gasteiger partial charge in [0.1, 0.15) is 16.9 Å². The summed E-state index contributed by atoms with van der Waals surface area (Å²) in [4.78, 5) is 25.4. The van der Waals surface area contributed by atoms with Crippen molar-refractivity contribution >= 4 is 33.1 Å². The first kappa shape index (κ1) is 45.0. The van der Waals surface area contributed by atoms with Gasteiger partial charge in [0.2, 0.25) is 0 Å². The van der Waals surface area contributed by atoms with Crippen LogP contribution < -0.4 is 5.32 Å². The number of aromatic nitrogens is 3. The number of aliphatic carboxylic acids is 1. The molecule has 0 saturated heterocycles. The van der Waals surface area contributed by atoms with Crippen LogP contribution in [0.3, 0.4) is 0 Å². The molecule has 0 aliphatic carbocycles. The lowest BCUT2D eigenvalue weighted by Gasteiger charge is -2.22. The monoisotopic (exact) mass is 803 g/mol. The van der Waals surface area contributed by atoms with Gasteiger partial charge in [-0.05, 0) is 36.2 Å². The summed E-state index contributed by atoms with van der Waals surface area (Å²) in [6, 6.07) is 17.0. The van der Waals surface area contributed by atoms with Gasteiger partial charge in [-0.15, -0.1) is 11.3 Å². The van der Waals surface area contributed by atoms with E-state index in [2.05, 4.69) is 27.2 Å². The minimum Gasteiger partial charge on any atom is -0.480 e. The Balaban J connectivity index is 1.16. The molecule has 0 aliphatic heterocycles. The summed E-state index contributed by atoms with van der Waals surface area (Å²) in [6.45, 7) is 2.37. The van der Waals surface area contributed by atoms with Gasteiger partial charge in [-0.3, -0.25) is 0 Å². The standard InChI is InChI=1S/C45H65N5O4S2/c1-2-3-4-5-6-7-8-9-10-11-12-13-14-15-16-17-18-19-20-21-26-41(45(51)52)49-42-27-24-25-40(48-42)37-50(56(53,54)43-28-22-23-33-46-43)36-38-29-31-39(32-30-38)44-47-34-35-55-44/h22-25,27-35,41H,2-21,26,36-37H2,1H3,(H,48,49)(H,51,52). The van der Waals surface area contributed by atoms with Crippen LogP contribution in [-0.4, -0.2) is 44.8 Å². The van der Waals surface area contributed by atoms with E-state index in [1.807, 2.05) is 29.6 Å². The number of rotatable bonds is 31. The summed E-state index contributed by atoms with van der Waals surface area (Å²) >= 11 is 1.54.